The maximum atomic E-state index is 12.5. The van der Waals surface area contributed by atoms with Crippen LogP contribution in [0.2, 0.25) is 0 Å². The number of thiazole rings is 1. The van der Waals surface area contributed by atoms with Crippen molar-refractivity contribution >= 4 is 17.2 Å². The molecule has 0 bridgehead atoms. The Labute approximate surface area is 178 Å². The molecule has 0 aliphatic carbocycles. The van der Waals surface area contributed by atoms with E-state index in [1.165, 1.54) is 11.3 Å². The third kappa shape index (κ3) is 4.72. The minimum atomic E-state index is -0.214. The van der Waals surface area contributed by atoms with Crippen LogP contribution in [0.1, 0.15) is 29.9 Å². The Bertz CT molecular complexity index is 1100. The number of hydrogen-bond donors (Lipinski definition) is 1. The standard InChI is InChI=1S/C22H21N5O2S/c1-15(2)29-18-7-5-17(6-8-18)22-26-19(14-30-22)21(28)24-13-16-4-9-20(23-12-16)27-11-3-10-25-27/h3-12,14-15H,13H2,1-2H3,(H,24,28). The number of hydrogen-bond acceptors (Lipinski definition) is 6. The van der Waals surface area contributed by atoms with Gasteiger partial charge in [-0.15, -0.1) is 11.3 Å². The maximum Gasteiger partial charge on any atom is 0.271 e. The summed E-state index contributed by atoms with van der Waals surface area (Å²) in [4.78, 5) is 21.3. The predicted molar refractivity (Wildman–Crippen MR) is 116 cm³/mol. The molecule has 1 aromatic carbocycles. The second-order valence-corrected chi connectivity index (χ2v) is 7.74. The van der Waals surface area contributed by atoms with E-state index in [0.29, 0.717) is 12.2 Å². The Hall–Kier alpha value is -3.52. The minimum absolute atomic E-state index is 0.128. The summed E-state index contributed by atoms with van der Waals surface area (Å²) in [5.74, 6) is 1.33. The average molecular weight is 420 g/mol. The van der Waals surface area contributed by atoms with Gasteiger partial charge < -0.3 is 10.1 Å². The van der Waals surface area contributed by atoms with Crippen LogP contribution < -0.4 is 10.1 Å². The van der Waals surface area contributed by atoms with Gasteiger partial charge in [-0.3, -0.25) is 4.79 Å². The summed E-state index contributed by atoms with van der Waals surface area (Å²) in [5, 5.41) is 9.59. The van der Waals surface area contributed by atoms with Gasteiger partial charge in [0, 0.05) is 36.1 Å². The molecule has 3 aromatic heterocycles. The largest absolute Gasteiger partial charge is 0.491 e. The number of pyridine rings is 1. The minimum Gasteiger partial charge on any atom is -0.491 e. The molecule has 0 aliphatic heterocycles. The molecule has 1 N–H and O–H groups in total. The monoisotopic (exact) mass is 419 g/mol. The van der Waals surface area contributed by atoms with Crippen molar-refractivity contribution in [2.45, 2.75) is 26.5 Å². The lowest BCUT2D eigenvalue weighted by Crippen LogP contribution is -2.23. The van der Waals surface area contributed by atoms with Gasteiger partial charge in [0.25, 0.3) is 5.91 Å². The molecule has 0 atom stereocenters. The number of rotatable bonds is 7. The van der Waals surface area contributed by atoms with Gasteiger partial charge in [-0.05, 0) is 55.8 Å². The van der Waals surface area contributed by atoms with Crippen LogP contribution in [0, 0.1) is 0 Å². The topological polar surface area (TPSA) is 81.9 Å². The van der Waals surface area contributed by atoms with Gasteiger partial charge in [-0.1, -0.05) is 6.07 Å². The fraction of sp³-hybridized carbons (Fsp3) is 0.182. The lowest BCUT2D eigenvalue weighted by atomic mass is 10.2. The van der Waals surface area contributed by atoms with Crippen molar-refractivity contribution in [3.05, 3.63) is 77.7 Å². The van der Waals surface area contributed by atoms with Gasteiger partial charge >= 0.3 is 0 Å². The molecule has 0 unspecified atom stereocenters. The summed E-state index contributed by atoms with van der Waals surface area (Å²) in [5.41, 5.74) is 2.25. The van der Waals surface area contributed by atoms with Crippen molar-refractivity contribution in [2.24, 2.45) is 0 Å². The number of carbonyl (C=O) groups excluding carboxylic acids is 1. The number of amides is 1. The highest BCUT2D eigenvalue weighted by Crippen LogP contribution is 2.26. The summed E-state index contributed by atoms with van der Waals surface area (Å²) in [7, 11) is 0. The molecule has 30 heavy (non-hydrogen) atoms. The van der Waals surface area contributed by atoms with Crippen molar-refractivity contribution in [3.63, 3.8) is 0 Å². The second-order valence-electron chi connectivity index (χ2n) is 6.89. The Kier molecular flexibility index (Phi) is 5.85. The van der Waals surface area contributed by atoms with Crippen molar-refractivity contribution in [2.75, 3.05) is 0 Å². The molecule has 0 fully saturated rings. The molecule has 1 amide bonds. The lowest BCUT2D eigenvalue weighted by molar-refractivity contribution is 0.0946. The van der Waals surface area contributed by atoms with Crippen LogP contribution in [-0.4, -0.2) is 31.8 Å². The van der Waals surface area contributed by atoms with E-state index in [1.54, 1.807) is 22.5 Å². The van der Waals surface area contributed by atoms with Gasteiger partial charge in [-0.25, -0.2) is 14.6 Å². The van der Waals surface area contributed by atoms with Gasteiger partial charge in [0.05, 0.1) is 6.10 Å². The fourth-order valence-corrected chi connectivity index (χ4v) is 3.60. The van der Waals surface area contributed by atoms with E-state index in [0.717, 1.165) is 27.7 Å². The lowest BCUT2D eigenvalue weighted by Gasteiger charge is -2.09. The normalized spacial score (nSPS) is 10.9. The second kappa shape index (κ2) is 8.87. The highest BCUT2D eigenvalue weighted by Gasteiger charge is 2.12. The molecule has 0 radical (unpaired) electrons. The van der Waals surface area contributed by atoms with Crippen molar-refractivity contribution in [1.82, 2.24) is 25.1 Å². The SMILES string of the molecule is CC(C)Oc1ccc(-c2nc(C(=O)NCc3ccc(-n4cccn4)nc3)cs2)cc1. The first-order chi connectivity index (χ1) is 14.6. The quantitative estimate of drug-likeness (QED) is 0.488. The Morgan fingerprint density at radius 2 is 2.03 bits per heavy atom. The van der Waals surface area contributed by atoms with E-state index in [2.05, 4.69) is 20.4 Å². The first-order valence-corrected chi connectivity index (χ1v) is 10.4. The van der Waals surface area contributed by atoms with Crippen LogP contribution in [0.15, 0.2) is 66.4 Å². The van der Waals surface area contributed by atoms with Gasteiger partial charge in [0.1, 0.15) is 16.5 Å². The molecule has 0 aliphatic rings. The molecule has 152 valence electrons. The van der Waals surface area contributed by atoms with Crippen molar-refractivity contribution < 1.29 is 9.53 Å². The summed E-state index contributed by atoms with van der Waals surface area (Å²) in [6.45, 7) is 4.35. The molecule has 0 spiro atoms. The molecule has 0 saturated heterocycles. The van der Waals surface area contributed by atoms with E-state index in [4.69, 9.17) is 4.74 Å². The van der Waals surface area contributed by atoms with Crippen molar-refractivity contribution in [3.8, 4) is 22.1 Å². The third-order valence-electron chi connectivity index (χ3n) is 4.21. The fourth-order valence-electron chi connectivity index (χ4n) is 2.79. The summed E-state index contributed by atoms with van der Waals surface area (Å²) >= 11 is 1.44. The number of aromatic nitrogens is 4. The highest BCUT2D eigenvalue weighted by molar-refractivity contribution is 7.13. The molecular formula is C22H21N5O2S. The zero-order valence-electron chi connectivity index (χ0n) is 16.6. The summed E-state index contributed by atoms with van der Waals surface area (Å²) < 4.78 is 7.34. The number of nitrogens with zero attached hydrogens (tertiary/aromatic N) is 4. The van der Waals surface area contributed by atoms with E-state index in [9.17, 15) is 4.79 Å². The number of nitrogens with one attached hydrogen (secondary N) is 1. The van der Waals surface area contributed by atoms with Crippen LogP contribution >= 0.6 is 11.3 Å². The molecular weight excluding hydrogens is 398 g/mol. The number of carbonyl (C=O) groups is 1. The zero-order chi connectivity index (χ0) is 20.9. The molecule has 0 saturated carbocycles. The summed E-state index contributed by atoms with van der Waals surface area (Å²) in [6, 6.07) is 13.3. The number of benzene rings is 1. The molecule has 7 nitrogen and oxygen atoms in total. The van der Waals surface area contributed by atoms with Gasteiger partial charge in [0.2, 0.25) is 0 Å². The average Bonchev–Trinajstić information content (AvgIpc) is 3.45. The molecule has 4 rings (SSSR count). The smallest absolute Gasteiger partial charge is 0.271 e. The van der Waals surface area contributed by atoms with Crippen LogP contribution in [-0.2, 0) is 6.54 Å². The van der Waals surface area contributed by atoms with Crippen LogP contribution in [0.5, 0.6) is 5.75 Å². The number of ether oxygens (including phenoxy) is 1. The van der Waals surface area contributed by atoms with Gasteiger partial charge in [0.15, 0.2) is 5.82 Å². The van der Waals surface area contributed by atoms with Crippen LogP contribution in [0.3, 0.4) is 0 Å². The Morgan fingerprint density at radius 1 is 1.20 bits per heavy atom. The zero-order valence-corrected chi connectivity index (χ0v) is 17.5. The molecule has 8 heteroatoms. The van der Waals surface area contributed by atoms with Gasteiger partial charge in [-0.2, -0.15) is 5.10 Å². The molecule has 3 heterocycles. The van der Waals surface area contributed by atoms with E-state index < -0.39 is 0 Å². The first-order valence-electron chi connectivity index (χ1n) is 9.54. The first kappa shape index (κ1) is 19.8. The van der Waals surface area contributed by atoms with E-state index in [1.807, 2.05) is 62.5 Å². The maximum absolute atomic E-state index is 12.5. The highest BCUT2D eigenvalue weighted by atomic mass is 32.1. The Morgan fingerprint density at radius 3 is 2.70 bits per heavy atom. The van der Waals surface area contributed by atoms with E-state index >= 15 is 0 Å². The van der Waals surface area contributed by atoms with E-state index in [-0.39, 0.29) is 12.0 Å². The Balaban J connectivity index is 1.36. The predicted octanol–water partition coefficient (Wildman–Crippen LogP) is 4.11. The summed E-state index contributed by atoms with van der Waals surface area (Å²) in [6.07, 6.45) is 5.38. The van der Waals surface area contributed by atoms with Crippen LogP contribution in [0.4, 0.5) is 0 Å². The molecule has 4 aromatic rings. The van der Waals surface area contributed by atoms with Crippen LogP contribution in [0.25, 0.3) is 16.4 Å². The van der Waals surface area contributed by atoms with Crippen molar-refractivity contribution in [1.29, 1.82) is 0 Å². The third-order valence-corrected chi connectivity index (χ3v) is 5.10.